The summed E-state index contributed by atoms with van der Waals surface area (Å²) < 4.78 is 1.78. The van der Waals surface area contributed by atoms with Crippen molar-refractivity contribution < 1.29 is 4.79 Å². The van der Waals surface area contributed by atoms with Crippen LogP contribution in [0.5, 0.6) is 0 Å². The van der Waals surface area contributed by atoms with E-state index < -0.39 is 0 Å². The smallest absolute Gasteiger partial charge is 0.217 e. The molecule has 0 saturated heterocycles. The van der Waals surface area contributed by atoms with Gasteiger partial charge >= 0.3 is 0 Å². The lowest BCUT2D eigenvalue weighted by Gasteiger charge is -2.27. The summed E-state index contributed by atoms with van der Waals surface area (Å²) in [4.78, 5) is 16.0. The molecular formula is C24H24N8OS. The minimum atomic E-state index is 0.0352. The van der Waals surface area contributed by atoms with Crippen LogP contribution in [-0.4, -0.2) is 43.8 Å². The summed E-state index contributed by atoms with van der Waals surface area (Å²) in [6.45, 7) is 1.57. The molecule has 0 aromatic carbocycles. The van der Waals surface area contributed by atoms with Crippen LogP contribution in [0.15, 0.2) is 36.7 Å². The Kier molecular flexibility index (Phi) is 5.94. The van der Waals surface area contributed by atoms with Crippen LogP contribution in [0.25, 0.3) is 27.5 Å². The molecule has 1 aliphatic carbocycles. The summed E-state index contributed by atoms with van der Waals surface area (Å²) in [5, 5.41) is 30.6. The summed E-state index contributed by atoms with van der Waals surface area (Å²) in [7, 11) is 1.88. The molecule has 9 nitrogen and oxygen atoms in total. The number of carbonyl (C=O) groups excluding carboxylic acids is 1. The second-order valence-corrected chi connectivity index (χ2v) is 9.48. The van der Waals surface area contributed by atoms with Crippen LogP contribution in [0.2, 0.25) is 0 Å². The largest absolute Gasteiger partial charge is 0.387 e. The molecule has 10 heteroatoms. The van der Waals surface area contributed by atoms with Gasteiger partial charge in [0.25, 0.3) is 0 Å². The Morgan fingerprint density at radius 2 is 2.00 bits per heavy atom. The topological polar surface area (TPSA) is 121 Å². The van der Waals surface area contributed by atoms with Gasteiger partial charge in [-0.15, -0.1) is 10.2 Å². The second-order valence-electron chi connectivity index (χ2n) is 8.47. The number of nitrogens with zero attached hydrogens (tertiary/aromatic N) is 6. The predicted octanol–water partition coefficient (Wildman–Crippen LogP) is 3.99. The highest BCUT2D eigenvalue weighted by Gasteiger charge is 2.26. The molecule has 4 aromatic rings. The van der Waals surface area contributed by atoms with Gasteiger partial charge < -0.3 is 10.6 Å². The van der Waals surface area contributed by atoms with Gasteiger partial charge in [-0.2, -0.15) is 10.4 Å². The van der Waals surface area contributed by atoms with E-state index in [1.807, 2.05) is 31.4 Å². The van der Waals surface area contributed by atoms with E-state index in [4.69, 9.17) is 10.2 Å². The van der Waals surface area contributed by atoms with Gasteiger partial charge in [0.05, 0.1) is 34.2 Å². The number of hydrogen-bond donors (Lipinski definition) is 2. The van der Waals surface area contributed by atoms with E-state index in [1.165, 1.54) is 0 Å². The summed E-state index contributed by atoms with van der Waals surface area (Å²) in [5.41, 5.74) is 4.79. The third-order valence-electron chi connectivity index (χ3n) is 6.22. The van der Waals surface area contributed by atoms with Gasteiger partial charge in [-0.1, -0.05) is 11.3 Å². The van der Waals surface area contributed by atoms with Crippen molar-refractivity contribution in [2.24, 2.45) is 0 Å². The van der Waals surface area contributed by atoms with Crippen molar-refractivity contribution in [2.45, 2.75) is 44.6 Å². The molecule has 1 aliphatic rings. The van der Waals surface area contributed by atoms with E-state index in [-0.39, 0.29) is 11.9 Å². The Morgan fingerprint density at radius 1 is 1.18 bits per heavy atom. The first-order valence-corrected chi connectivity index (χ1v) is 12.0. The van der Waals surface area contributed by atoms with E-state index in [9.17, 15) is 4.79 Å². The molecule has 1 fully saturated rings. The van der Waals surface area contributed by atoms with Gasteiger partial charge in [-0.25, -0.2) is 4.52 Å². The van der Waals surface area contributed by atoms with E-state index >= 15 is 0 Å². The molecule has 0 radical (unpaired) electrons. The molecule has 1 amide bonds. The fraction of sp³-hybridized carbons (Fsp3) is 0.333. The van der Waals surface area contributed by atoms with Gasteiger partial charge in [-0.05, 0) is 49.9 Å². The minimum absolute atomic E-state index is 0.0352. The number of amides is 1. The van der Waals surface area contributed by atoms with Crippen molar-refractivity contribution >= 4 is 28.4 Å². The zero-order valence-electron chi connectivity index (χ0n) is 18.9. The highest BCUT2D eigenvalue weighted by Crippen LogP contribution is 2.38. The summed E-state index contributed by atoms with van der Waals surface area (Å²) >= 11 is 1.61. The predicted molar refractivity (Wildman–Crippen MR) is 130 cm³/mol. The molecule has 0 spiro atoms. The number of pyridine rings is 1. The fourth-order valence-corrected chi connectivity index (χ4v) is 5.54. The van der Waals surface area contributed by atoms with Gasteiger partial charge in [0.15, 0.2) is 5.01 Å². The van der Waals surface area contributed by atoms with E-state index in [1.54, 1.807) is 35.0 Å². The number of hydrogen-bond acceptors (Lipinski definition) is 8. The first-order chi connectivity index (χ1) is 16.6. The Hall–Kier alpha value is -3.84. The lowest BCUT2D eigenvalue weighted by molar-refractivity contribution is -0.119. The van der Waals surface area contributed by atoms with Gasteiger partial charge in [-0.3, -0.25) is 9.78 Å². The molecular weight excluding hydrogens is 448 g/mol. The molecule has 2 N–H and O–H groups in total. The summed E-state index contributed by atoms with van der Waals surface area (Å²) in [5.74, 6) is 0.408. The minimum Gasteiger partial charge on any atom is -0.387 e. The van der Waals surface area contributed by atoms with Gasteiger partial charge in [0, 0.05) is 37.8 Å². The molecule has 1 saturated carbocycles. The molecule has 0 atom stereocenters. The quantitative estimate of drug-likeness (QED) is 0.450. The average molecular weight is 473 g/mol. The van der Waals surface area contributed by atoms with Crippen molar-refractivity contribution in [1.82, 2.24) is 30.1 Å². The second kappa shape index (κ2) is 9.19. The number of fused-ring (bicyclic) bond motifs is 1. The zero-order valence-corrected chi connectivity index (χ0v) is 19.8. The Balaban J connectivity index is 1.38. The zero-order chi connectivity index (χ0) is 23.7. The number of carbonyl (C=O) groups is 1. The maximum atomic E-state index is 11.3. The van der Waals surface area contributed by atoms with Crippen LogP contribution < -0.4 is 10.6 Å². The standard InChI is InChI=1S/C24H24N8OS/c1-14(33)29-17-5-3-16(4-6-17)23-30-31-24(34-23)19-13-27-21(10-20(19)26-2)22-8-7-18-9-15(11-25)12-28-32(18)22/h7-10,12-13,16-17H,3-6H2,1-2H3,(H,26,27)(H,29,33)/t16-,17-. The van der Waals surface area contributed by atoms with Crippen LogP contribution >= 0.6 is 11.3 Å². The molecule has 172 valence electrons. The SMILES string of the molecule is CNc1cc(-c2ccc3cc(C#N)cnn23)ncc1-c1nnc([C@H]2CC[C@H](NC(C)=O)CC2)s1. The third-order valence-corrected chi connectivity index (χ3v) is 7.34. The maximum absolute atomic E-state index is 11.3. The summed E-state index contributed by atoms with van der Waals surface area (Å²) in [6, 6.07) is 10.0. The van der Waals surface area contributed by atoms with Crippen LogP contribution in [0.3, 0.4) is 0 Å². The lowest BCUT2D eigenvalue weighted by atomic mass is 9.86. The van der Waals surface area contributed by atoms with Crippen molar-refractivity contribution in [3.05, 3.63) is 47.2 Å². The summed E-state index contributed by atoms with van der Waals surface area (Å²) in [6.07, 6.45) is 7.30. The monoisotopic (exact) mass is 472 g/mol. The number of nitrogens with one attached hydrogen (secondary N) is 2. The molecule has 0 aliphatic heterocycles. The highest BCUT2D eigenvalue weighted by atomic mass is 32.1. The molecule has 5 rings (SSSR count). The van der Waals surface area contributed by atoms with E-state index in [0.717, 1.165) is 63.9 Å². The molecule has 0 bridgehead atoms. The van der Waals surface area contributed by atoms with Crippen molar-refractivity contribution in [3.63, 3.8) is 0 Å². The third kappa shape index (κ3) is 4.22. The average Bonchev–Trinajstić information content (AvgIpc) is 3.51. The first kappa shape index (κ1) is 22.0. The molecule has 34 heavy (non-hydrogen) atoms. The molecule has 4 aromatic heterocycles. The Labute approximate surface area is 200 Å². The number of aromatic nitrogens is 5. The van der Waals surface area contributed by atoms with Crippen LogP contribution in [0, 0.1) is 11.3 Å². The van der Waals surface area contributed by atoms with Crippen molar-refractivity contribution in [2.75, 3.05) is 12.4 Å². The highest BCUT2D eigenvalue weighted by molar-refractivity contribution is 7.14. The van der Waals surface area contributed by atoms with E-state index in [2.05, 4.69) is 32.0 Å². The first-order valence-electron chi connectivity index (χ1n) is 11.2. The maximum Gasteiger partial charge on any atom is 0.217 e. The number of rotatable bonds is 5. The van der Waals surface area contributed by atoms with Crippen LogP contribution in [0.4, 0.5) is 5.69 Å². The molecule has 0 unspecified atom stereocenters. The van der Waals surface area contributed by atoms with Crippen molar-refractivity contribution in [3.8, 4) is 28.0 Å². The Morgan fingerprint density at radius 3 is 2.74 bits per heavy atom. The number of anilines is 1. The lowest BCUT2D eigenvalue weighted by Crippen LogP contribution is -2.35. The van der Waals surface area contributed by atoms with Crippen molar-refractivity contribution in [1.29, 1.82) is 5.26 Å². The Bertz CT molecular complexity index is 1390. The van der Waals surface area contributed by atoms with Gasteiger partial charge in [0.1, 0.15) is 11.1 Å². The fourth-order valence-electron chi connectivity index (χ4n) is 4.51. The number of nitriles is 1. The molecule has 4 heterocycles. The van der Waals surface area contributed by atoms with Crippen LogP contribution in [-0.2, 0) is 4.79 Å². The van der Waals surface area contributed by atoms with E-state index in [0.29, 0.717) is 11.5 Å². The van der Waals surface area contributed by atoms with Gasteiger partial charge in [0.2, 0.25) is 5.91 Å². The van der Waals surface area contributed by atoms with Crippen LogP contribution in [0.1, 0.15) is 49.1 Å². The normalized spacial score (nSPS) is 17.9.